The Bertz CT molecular complexity index is 905. The predicted octanol–water partition coefficient (Wildman–Crippen LogP) is 7.13. The molecule has 158 valence electrons. The smallest absolute Gasteiger partial charge is 0.248 e. The van der Waals surface area contributed by atoms with Crippen LogP contribution < -0.4 is 0 Å². The second-order valence-electron chi connectivity index (χ2n) is 8.72. The fraction of sp³-hybridized carbons (Fsp3) is 0.591. The number of halogens is 5. The Morgan fingerprint density at radius 3 is 2.41 bits per heavy atom. The van der Waals surface area contributed by atoms with E-state index in [-0.39, 0.29) is 49.7 Å². The van der Waals surface area contributed by atoms with Crippen LogP contribution in [0, 0.1) is 11.8 Å². The topological polar surface area (TPSA) is 22.0 Å². The lowest BCUT2D eigenvalue weighted by atomic mass is 9.81. The fourth-order valence-corrected chi connectivity index (χ4v) is 4.99. The van der Waals surface area contributed by atoms with E-state index in [1.807, 2.05) is 10.6 Å². The number of ketones is 1. The number of rotatable bonds is 6. The summed E-state index contributed by atoms with van der Waals surface area (Å²) in [5.74, 6) is -5.20. The molecule has 1 heterocycles. The molecule has 0 aliphatic heterocycles. The molecule has 0 unspecified atom stereocenters. The molecule has 29 heavy (non-hydrogen) atoms. The van der Waals surface area contributed by atoms with Gasteiger partial charge in [-0.2, -0.15) is 0 Å². The van der Waals surface area contributed by atoms with Crippen molar-refractivity contribution in [2.45, 2.75) is 69.8 Å². The van der Waals surface area contributed by atoms with Crippen LogP contribution in [0.15, 0.2) is 24.4 Å². The lowest BCUT2D eigenvalue weighted by Crippen LogP contribution is -2.37. The number of Topliss-reactive ketones (excluding diaryl/α,β-unsaturated/α-hetero) is 1. The van der Waals surface area contributed by atoms with Gasteiger partial charge in [-0.25, -0.2) is 17.6 Å². The molecule has 1 aromatic heterocycles. The zero-order valence-corrected chi connectivity index (χ0v) is 16.8. The van der Waals surface area contributed by atoms with Crippen molar-refractivity contribution >= 4 is 28.3 Å². The van der Waals surface area contributed by atoms with Gasteiger partial charge in [0.15, 0.2) is 5.78 Å². The van der Waals surface area contributed by atoms with Crippen molar-refractivity contribution in [1.29, 1.82) is 0 Å². The molecule has 0 N–H and O–H groups in total. The van der Waals surface area contributed by atoms with Gasteiger partial charge in [-0.3, -0.25) is 4.79 Å². The molecule has 2 aromatic rings. The molecule has 2 aliphatic carbocycles. The Morgan fingerprint density at radius 2 is 1.76 bits per heavy atom. The second kappa shape index (κ2) is 7.60. The fourth-order valence-electron chi connectivity index (χ4n) is 4.72. The summed E-state index contributed by atoms with van der Waals surface area (Å²) in [6, 6.07) is 5.34. The molecular weight excluding hydrogens is 406 g/mol. The number of carbonyl (C=O) groups excluding carboxylic acids is 1. The molecule has 7 heteroatoms. The Kier molecular flexibility index (Phi) is 5.43. The van der Waals surface area contributed by atoms with E-state index >= 15 is 0 Å². The van der Waals surface area contributed by atoms with Gasteiger partial charge in [-0.1, -0.05) is 17.7 Å². The molecule has 2 aliphatic rings. The quantitative estimate of drug-likeness (QED) is 0.353. The summed E-state index contributed by atoms with van der Waals surface area (Å²) in [4.78, 5) is 12.9. The van der Waals surface area contributed by atoms with Crippen molar-refractivity contribution in [2.24, 2.45) is 11.8 Å². The number of alkyl halides is 4. The van der Waals surface area contributed by atoms with E-state index in [1.54, 1.807) is 18.3 Å². The molecule has 2 fully saturated rings. The third-order valence-corrected chi connectivity index (χ3v) is 6.72. The Balaban J connectivity index is 1.48. The van der Waals surface area contributed by atoms with Crippen molar-refractivity contribution in [3.8, 4) is 0 Å². The van der Waals surface area contributed by atoms with E-state index < -0.39 is 11.8 Å². The highest BCUT2D eigenvalue weighted by Gasteiger charge is 2.45. The molecule has 0 atom stereocenters. The summed E-state index contributed by atoms with van der Waals surface area (Å²) < 4.78 is 54.9. The number of benzene rings is 1. The van der Waals surface area contributed by atoms with Gasteiger partial charge in [-0.15, -0.1) is 0 Å². The minimum absolute atomic E-state index is 0.0712. The van der Waals surface area contributed by atoms with E-state index in [2.05, 4.69) is 0 Å². The highest BCUT2D eigenvalue weighted by Crippen LogP contribution is 2.44. The van der Waals surface area contributed by atoms with E-state index in [1.165, 1.54) is 0 Å². The van der Waals surface area contributed by atoms with E-state index in [0.29, 0.717) is 41.8 Å². The van der Waals surface area contributed by atoms with Crippen molar-refractivity contribution < 1.29 is 22.4 Å². The first-order chi connectivity index (χ1) is 13.6. The minimum atomic E-state index is -2.58. The average molecular weight is 430 g/mol. The largest absolute Gasteiger partial charge is 0.346 e. The van der Waals surface area contributed by atoms with Crippen LogP contribution in [0.4, 0.5) is 17.6 Å². The Hall–Kier alpha value is -1.56. The number of hydrogen-bond donors (Lipinski definition) is 0. The third kappa shape index (κ3) is 4.47. The van der Waals surface area contributed by atoms with Gasteiger partial charge in [0.1, 0.15) is 0 Å². The predicted molar refractivity (Wildman–Crippen MR) is 105 cm³/mol. The van der Waals surface area contributed by atoms with Gasteiger partial charge in [0.2, 0.25) is 11.8 Å². The van der Waals surface area contributed by atoms with Crippen LogP contribution in [0.2, 0.25) is 5.02 Å². The maximum atomic E-state index is 13.3. The van der Waals surface area contributed by atoms with Crippen molar-refractivity contribution in [1.82, 2.24) is 4.57 Å². The molecule has 0 saturated heterocycles. The van der Waals surface area contributed by atoms with Gasteiger partial charge in [0, 0.05) is 55.8 Å². The summed E-state index contributed by atoms with van der Waals surface area (Å²) in [5.41, 5.74) is 1.27. The van der Waals surface area contributed by atoms with Gasteiger partial charge < -0.3 is 4.57 Å². The highest BCUT2D eigenvalue weighted by molar-refractivity contribution is 6.37. The number of carbonyl (C=O) groups is 1. The summed E-state index contributed by atoms with van der Waals surface area (Å²) in [6.45, 7) is 0.428. The van der Waals surface area contributed by atoms with Gasteiger partial charge in [0.05, 0.1) is 10.5 Å². The molecule has 0 spiro atoms. The summed E-state index contributed by atoms with van der Waals surface area (Å²) >= 11 is 6.36. The van der Waals surface area contributed by atoms with Crippen molar-refractivity contribution in [2.75, 3.05) is 0 Å². The molecule has 1 aromatic carbocycles. The standard InChI is InChI=1S/C22H24ClF4NO/c23-17-2-1-3-18-20(17)16(13-28(18)12-15-10-22(26,27)11-15)19(29)5-4-14-6-8-21(24,25)9-7-14/h1-3,13-15H,4-12H2. The highest BCUT2D eigenvalue weighted by atomic mass is 35.5. The minimum Gasteiger partial charge on any atom is -0.346 e. The normalized spacial score (nSPS) is 22.0. The number of fused-ring (bicyclic) bond motifs is 1. The molecule has 0 bridgehead atoms. The van der Waals surface area contributed by atoms with E-state index in [9.17, 15) is 22.4 Å². The van der Waals surface area contributed by atoms with Crippen LogP contribution in [0.3, 0.4) is 0 Å². The first-order valence-corrected chi connectivity index (χ1v) is 10.6. The number of hydrogen-bond acceptors (Lipinski definition) is 1. The molecule has 0 radical (unpaired) electrons. The molecule has 2 nitrogen and oxygen atoms in total. The Morgan fingerprint density at radius 1 is 1.07 bits per heavy atom. The Labute approximate surface area is 172 Å². The SMILES string of the molecule is O=C(CCC1CCC(F)(F)CC1)c1cn(CC2CC(F)(F)C2)c2cccc(Cl)c12. The van der Waals surface area contributed by atoms with Crippen LogP contribution >= 0.6 is 11.6 Å². The first-order valence-electron chi connectivity index (χ1n) is 10.2. The summed E-state index contributed by atoms with van der Waals surface area (Å²) in [5, 5.41) is 1.11. The lowest BCUT2D eigenvalue weighted by molar-refractivity contribution is -0.113. The maximum absolute atomic E-state index is 13.3. The molecule has 0 amide bonds. The molecule has 2 saturated carbocycles. The van der Waals surface area contributed by atoms with Gasteiger partial charge in [-0.05, 0) is 43.2 Å². The zero-order valence-electron chi connectivity index (χ0n) is 16.1. The monoisotopic (exact) mass is 429 g/mol. The van der Waals surface area contributed by atoms with Crippen LogP contribution in [-0.4, -0.2) is 22.2 Å². The zero-order chi connectivity index (χ0) is 20.8. The van der Waals surface area contributed by atoms with Crippen LogP contribution in [0.1, 0.15) is 61.7 Å². The van der Waals surface area contributed by atoms with Crippen molar-refractivity contribution in [3.63, 3.8) is 0 Å². The lowest BCUT2D eigenvalue weighted by Gasteiger charge is -2.35. The van der Waals surface area contributed by atoms with E-state index in [4.69, 9.17) is 11.6 Å². The number of nitrogens with zero attached hydrogens (tertiary/aromatic N) is 1. The second-order valence-corrected chi connectivity index (χ2v) is 9.13. The number of aromatic nitrogens is 1. The summed E-state index contributed by atoms with van der Waals surface area (Å²) in [7, 11) is 0. The third-order valence-electron chi connectivity index (χ3n) is 6.40. The summed E-state index contributed by atoms with van der Waals surface area (Å²) in [6.07, 6.45) is 2.99. The van der Waals surface area contributed by atoms with Crippen LogP contribution in [0.25, 0.3) is 10.9 Å². The average Bonchev–Trinajstić information content (AvgIpc) is 2.99. The van der Waals surface area contributed by atoms with Gasteiger partial charge in [0.25, 0.3) is 0 Å². The van der Waals surface area contributed by atoms with E-state index in [0.717, 1.165) is 5.52 Å². The maximum Gasteiger partial charge on any atom is 0.248 e. The molecule has 4 rings (SSSR count). The van der Waals surface area contributed by atoms with Crippen molar-refractivity contribution in [3.05, 3.63) is 35.0 Å². The van der Waals surface area contributed by atoms with Crippen LogP contribution in [-0.2, 0) is 6.54 Å². The van der Waals surface area contributed by atoms with Gasteiger partial charge >= 0.3 is 0 Å². The first kappa shape index (κ1) is 20.7. The molecular formula is C22H24ClF4NO. The van der Waals surface area contributed by atoms with Crippen LogP contribution in [0.5, 0.6) is 0 Å².